The van der Waals surface area contributed by atoms with Crippen molar-refractivity contribution in [3.05, 3.63) is 17.8 Å². The van der Waals surface area contributed by atoms with E-state index in [1.807, 2.05) is 13.1 Å². The smallest absolute Gasteiger partial charge is 0.399 e. The molecule has 0 spiro atoms. The van der Waals surface area contributed by atoms with Gasteiger partial charge in [0.2, 0.25) is 0 Å². The zero-order valence-electron chi connectivity index (χ0n) is 14.2. The summed E-state index contributed by atoms with van der Waals surface area (Å²) in [5, 5.41) is 0. The summed E-state index contributed by atoms with van der Waals surface area (Å²) in [6, 6.07) is 2.12. The molecule has 0 radical (unpaired) electrons. The molecule has 120 valence electrons. The van der Waals surface area contributed by atoms with E-state index in [2.05, 4.69) is 43.6 Å². The van der Waals surface area contributed by atoms with Gasteiger partial charge >= 0.3 is 7.12 Å². The van der Waals surface area contributed by atoms with Crippen molar-refractivity contribution in [2.45, 2.75) is 45.8 Å². The van der Waals surface area contributed by atoms with E-state index in [0.717, 1.165) is 43.1 Å². The van der Waals surface area contributed by atoms with Crippen molar-refractivity contribution in [1.82, 2.24) is 4.98 Å². The zero-order chi connectivity index (χ0) is 16.0. The van der Waals surface area contributed by atoms with E-state index in [1.165, 1.54) is 0 Å². The summed E-state index contributed by atoms with van der Waals surface area (Å²) in [6.07, 6.45) is 1.90. The molecule has 0 N–H and O–H groups in total. The molecule has 0 amide bonds. The maximum atomic E-state index is 6.22. The molecule has 2 aliphatic rings. The number of ether oxygens (including phenoxy) is 1. The predicted octanol–water partition coefficient (Wildman–Crippen LogP) is 1.53. The molecule has 0 aliphatic carbocycles. The lowest BCUT2D eigenvalue weighted by molar-refractivity contribution is 0.00578. The van der Waals surface area contributed by atoms with Crippen LogP contribution in [0.4, 0.5) is 5.82 Å². The maximum absolute atomic E-state index is 6.22. The van der Waals surface area contributed by atoms with Crippen LogP contribution >= 0.6 is 0 Å². The molecule has 3 heterocycles. The first-order valence-electron chi connectivity index (χ1n) is 7.95. The molecule has 1 aromatic heterocycles. The fraction of sp³-hybridized carbons (Fsp3) is 0.688. The third kappa shape index (κ3) is 2.75. The van der Waals surface area contributed by atoms with Gasteiger partial charge in [0.05, 0.1) is 24.4 Å². The van der Waals surface area contributed by atoms with Gasteiger partial charge in [-0.15, -0.1) is 0 Å². The van der Waals surface area contributed by atoms with E-state index >= 15 is 0 Å². The van der Waals surface area contributed by atoms with Gasteiger partial charge in [-0.2, -0.15) is 0 Å². The van der Waals surface area contributed by atoms with Gasteiger partial charge in [0.1, 0.15) is 5.82 Å². The van der Waals surface area contributed by atoms with Crippen LogP contribution in [0.5, 0.6) is 0 Å². The van der Waals surface area contributed by atoms with E-state index in [1.54, 1.807) is 0 Å². The van der Waals surface area contributed by atoms with E-state index in [0.29, 0.717) is 0 Å². The first-order chi connectivity index (χ1) is 10.3. The number of anilines is 1. The summed E-state index contributed by atoms with van der Waals surface area (Å²) in [6.45, 7) is 13.5. The van der Waals surface area contributed by atoms with E-state index in [4.69, 9.17) is 14.0 Å². The summed E-state index contributed by atoms with van der Waals surface area (Å²) < 4.78 is 17.9. The van der Waals surface area contributed by atoms with Crippen molar-refractivity contribution in [2.24, 2.45) is 0 Å². The average molecular weight is 304 g/mol. The normalized spacial score (nSPS) is 23.9. The molecule has 0 bridgehead atoms. The second kappa shape index (κ2) is 5.51. The monoisotopic (exact) mass is 304 g/mol. The van der Waals surface area contributed by atoms with Crippen LogP contribution in [0, 0.1) is 6.92 Å². The van der Waals surface area contributed by atoms with Crippen LogP contribution in [-0.4, -0.2) is 49.6 Å². The number of aryl methyl sites for hydroxylation is 1. The van der Waals surface area contributed by atoms with Gasteiger partial charge in [0.25, 0.3) is 0 Å². The van der Waals surface area contributed by atoms with Crippen LogP contribution in [0.2, 0.25) is 0 Å². The molecule has 3 rings (SSSR count). The molecular weight excluding hydrogens is 279 g/mol. The molecule has 0 aromatic carbocycles. The van der Waals surface area contributed by atoms with Crippen molar-refractivity contribution in [3.63, 3.8) is 0 Å². The van der Waals surface area contributed by atoms with Crippen molar-refractivity contribution in [3.8, 4) is 0 Å². The lowest BCUT2D eigenvalue weighted by atomic mass is 9.78. The minimum Gasteiger partial charge on any atom is -0.399 e. The minimum absolute atomic E-state index is 0.344. The first kappa shape index (κ1) is 15.8. The van der Waals surface area contributed by atoms with Crippen LogP contribution in [0.15, 0.2) is 12.3 Å². The molecule has 22 heavy (non-hydrogen) atoms. The third-order valence-corrected chi connectivity index (χ3v) is 4.85. The molecule has 5 nitrogen and oxygen atoms in total. The number of aromatic nitrogens is 1. The predicted molar refractivity (Wildman–Crippen MR) is 87.7 cm³/mol. The van der Waals surface area contributed by atoms with E-state index < -0.39 is 0 Å². The van der Waals surface area contributed by atoms with Crippen molar-refractivity contribution < 1.29 is 14.0 Å². The lowest BCUT2D eigenvalue weighted by Crippen LogP contribution is -2.44. The summed E-state index contributed by atoms with van der Waals surface area (Å²) >= 11 is 0. The Morgan fingerprint density at radius 1 is 1.09 bits per heavy atom. The van der Waals surface area contributed by atoms with Gasteiger partial charge in [0, 0.05) is 24.7 Å². The topological polar surface area (TPSA) is 43.8 Å². The standard InChI is InChI=1S/C16H25BN2O3/c1-12-10-13(17-21-15(2,3)16(4,5)22-17)14(18-11-12)19-6-8-20-9-7-19/h10-11H,6-9H2,1-5H3. The molecule has 1 aromatic rings. The Hall–Kier alpha value is -1.11. The largest absolute Gasteiger partial charge is 0.498 e. The number of pyridine rings is 1. The summed E-state index contributed by atoms with van der Waals surface area (Å²) in [7, 11) is -0.379. The molecular formula is C16H25BN2O3. The Balaban J connectivity index is 1.94. The summed E-state index contributed by atoms with van der Waals surface area (Å²) in [4.78, 5) is 6.91. The molecule has 2 fully saturated rings. The molecule has 0 unspecified atom stereocenters. The molecule has 0 saturated carbocycles. The first-order valence-corrected chi connectivity index (χ1v) is 7.95. The Morgan fingerprint density at radius 3 is 2.27 bits per heavy atom. The molecule has 0 atom stereocenters. The van der Waals surface area contributed by atoms with Crippen molar-refractivity contribution in [1.29, 1.82) is 0 Å². The van der Waals surface area contributed by atoms with Crippen LogP contribution in [-0.2, 0) is 14.0 Å². The van der Waals surface area contributed by atoms with Crippen LogP contribution < -0.4 is 10.4 Å². The summed E-state index contributed by atoms with van der Waals surface area (Å²) in [5.41, 5.74) is 1.44. The summed E-state index contributed by atoms with van der Waals surface area (Å²) in [5.74, 6) is 0.951. The molecule has 2 aliphatic heterocycles. The SMILES string of the molecule is Cc1cnc(N2CCOCC2)c(B2OC(C)(C)C(C)(C)O2)c1. The van der Waals surface area contributed by atoms with Crippen molar-refractivity contribution >= 4 is 18.4 Å². The van der Waals surface area contributed by atoms with Gasteiger partial charge < -0.3 is 18.9 Å². The number of hydrogen-bond donors (Lipinski definition) is 0. The lowest BCUT2D eigenvalue weighted by Gasteiger charge is -2.32. The number of rotatable bonds is 2. The number of nitrogens with zero attached hydrogens (tertiary/aromatic N) is 2. The molecule has 6 heteroatoms. The fourth-order valence-corrected chi connectivity index (χ4v) is 2.77. The molecule has 2 saturated heterocycles. The second-order valence-electron chi connectivity index (χ2n) is 7.11. The highest BCUT2D eigenvalue weighted by Gasteiger charge is 2.52. The highest BCUT2D eigenvalue weighted by molar-refractivity contribution is 6.63. The van der Waals surface area contributed by atoms with Gasteiger partial charge in [0.15, 0.2) is 0 Å². The Morgan fingerprint density at radius 2 is 1.68 bits per heavy atom. The Bertz CT molecular complexity index is 540. The highest BCUT2D eigenvalue weighted by Crippen LogP contribution is 2.37. The fourth-order valence-electron chi connectivity index (χ4n) is 2.77. The van der Waals surface area contributed by atoms with Crippen molar-refractivity contribution in [2.75, 3.05) is 31.2 Å². The number of morpholine rings is 1. The maximum Gasteiger partial charge on any atom is 0.498 e. The zero-order valence-corrected chi connectivity index (χ0v) is 14.2. The van der Waals surface area contributed by atoms with Gasteiger partial charge in [-0.3, -0.25) is 0 Å². The number of hydrogen-bond acceptors (Lipinski definition) is 5. The van der Waals surface area contributed by atoms with Crippen LogP contribution in [0.1, 0.15) is 33.3 Å². The van der Waals surface area contributed by atoms with E-state index in [9.17, 15) is 0 Å². The van der Waals surface area contributed by atoms with Gasteiger partial charge in [-0.05, 0) is 40.2 Å². The van der Waals surface area contributed by atoms with Crippen LogP contribution in [0.25, 0.3) is 0 Å². The van der Waals surface area contributed by atoms with Crippen LogP contribution in [0.3, 0.4) is 0 Å². The minimum atomic E-state index is -0.379. The third-order valence-electron chi connectivity index (χ3n) is 4.85. The second-order valence-corrected chi connectivity index (χ2v) is 7.11. The van der Waals surface area contributed by atoms with Gasteiger partial charge in [-0.1, -0.05) is 6.07 Å². The van der Waals surface area contributed by atoms with E-state index in [-0.39, 0.29) is 18.3 Å². The Labute approximate surface area is 133 Å². The quantitative estimate of drug-likeness (QED) is 0.775. The Kier molecular flexibility index (Phi) is 3.95. The van der Waals surface area contributed by atoms with Gasteiger partial charge in [-0.25, -0.2) is 4.98 Å². The highest BCUT2D eigenvalue weighted by atomic mass is 16.7. The average Bonchev–Trinajstić information content (AvgIpc) is 2.68.